The van der Waals surface area contributed by atoms with Crippen molar-refractivity contribution in [2.75, 3.05) is 6.54 Å². The summed E-state index contributed by atoms with van der Waals surface area (Å²) in [5.74, 6) is 0. The Bertz CT molecular complexity index is 548. The molecule has 5 nitrogen and oxygen atoms in total. The third kappa shape index (κ3) is 3.15. The van der Waals surface area contributed by atoms with Crippen LogP contribution in [0.5, 0.6) is 0 Å². The Kier molecular flexibility index (Phi) is 3.69. The average molecular weight is 265 g/mol. The monoisotopic (exact) mass is 265 g/mol. The van der Waals surface area contributed by atoms with Gasteiger partial charge in [0.15, 0.2) is 0 Å². The molecule has 1 aromatic heterocycles. The van der Waals surface area contributed by atoms with Crippen molar-refractivity contribution in [1.29, 1.82) is 5.26 Å². The summed E-state index contributed by atoms with van der Waals surface area (Å²) in [5.41, 5.74) is -1.32. The van der Waals surface area contributed by atoms with Crippen molar-refractivity contribution >= 4 is 10.0 Å². The fraction of sp³-hybridized carbons (Fsp3) is 0.250. The molecule has 0 atom stereocenters. The van der Waals surface area contributed by atoms with Gasteiger partial charge < -0.3 is 0 Å². The Balaban J connectivity index is 3.29. The lowest BCUT2D eigenvalue weighted by Gasteiger charge is -2.11. The third-order valence-corrected chi connectivity index (χ3v) is 3.15. The summed E-state index contributed by atoms with van der Waals surface area (Å²) in [6, 6.07) is 2.02. The van der Waals surface area contributed by atoms with Gasteiger partial charge in [-0.05, 0) is 6.07 Å². The highest BCUT2D eigenvalue weighted by molar-refractivity contribution is 7.89. The van der Waals surface area contributed by atoms with Crippen molar-refractivity contribution in [3.8, 4) is 6.07 Å². The molecule has 0 bridgehead atoms. The van der Waals surface area contributed by atoms with E-state index in [-0.39, 0.29) is 0 Å². The molecule has 0 spiro atoms. The van der Waals surface area contributed by atoms with Crippen molar-refractivity contribution in [2.45, 2.75) is 11.1 Å². The van der Waals surface area contributed by atoms with E-state index in [1.807, 2.05) is 0 Å². The molecule has 0 radical (unpaired) electrons. The standard InChI is InChI=1S/C8H6F3N3O2S/c9-8(10,11)6-1-3-13-5-7(6)17(15,16)14-4-2-12/h1,3,5,14H,4H2. The molecule has 0 fully saturated rings. The number of alkyl halides is 3. The molecule has 9 heteroatoms. The number of pyridine rings is 1. The van der Waals surface area contributed by atoms with E-state index in [4.69, 9.17) is 5.26 Å². The van der Waals surface area contributed by atoms with Crippen LogP contribution in [-0.4, -0.2) is 19.9 Å². The lowest BCUT2D eigenvalue weighted by atomic mass is 10.3. The van der Waals surface area contributed by atoms with Crippen molar-refractivity contribution in [2.24, 2.45) is 0 Å². The molecule has 17 heavy (non-hydrogen) atoms. The van der Waals surface area contributed by atoms with Gasteiger partial charge in [-0.3, -0.25) is 4.98 Å². The van der Waals surface area contributed by atoms with Gasteiger partial charge in [0, 0.05) is 12.4 Å². The molecule has 0 aliphatic heterocycles. The summed E-state index contributed by atoms with van der Waals surface area (Å²) >= 11 is 0. The minimum Gasteiger partial charge on any atom is -0.263 e. The second kappa shape index (κ2) is 4.68. The average Bonchev–Trinajstić information content (AvgIpc) is 2.25. The summed E-state index contributed by atoms with van der Waals surface area (Å²) in [4.78, 5) is 2.33. The molecule has 0 unspecified atom stereocenters. The quantitative estimate of drug-likeness (QED) is 0.823. The number of hydrogen-bond donors (Lipinski definition) is 1. The van der Waals surface area contributed by atoms with Gasteiger partial charge in [0.1, 0.15) is 4.90 Å². The highest BCUT2D eigenvalue weighted by Crippen LogP contribution is 2.33. The van der Waals surface area contributed by atoms with Crippen LogP contribution >= 0.6 is 0 Å². The second-order valence-corrected chi connectivity index (χ2v) is 4.59. The predicted octanol–water partition coefficient (Wildman–Crippen LogP) is 0.902. The van der Waals surface area contributed by atoms with Crippen molar-refractivity contribution in [3.05, 3.63) is 24.0 Å². The van der Waals surface area contributed by atoms with Crippen LogP contribution in [0.15, 0.2) is 23.4 Å². The van der Waals surface area contributed by atoms with E-state index in [1.54, 1.807) is 4.72 Å². The zero-order chi connectivity index (χ0) is 13.1. The van der Waals surface area contributed by atoms with Crippen LogP contribution in [-0.2, 0) is 16.2 Å². The Morgan fingerprint density at radius 2 is 2.12 bits per heavy atom. The molecule has 1 N–H and O–H groups in total. The zero-order valence-electron chi connectivity index (χ0n) is 8.19. The van der Waals surface area contributed by atoms with Crippen LogP contribution in [0.1, 0.15) is 5.56 Å². The molecular formula is C8H6F3N3O2S. The van der Waals surface area contributed by atoms with Crippen LogP contribution in [0.3, 0.4) is 0 Å². The van der Waals surface area contributed by atoms with Crippen LogP contribution in [0.2, 0.25) is 0 Å². The highest BCUT2D eigenvalue weighted by Gasteiger charge is 2.37. The molecule has 1 rings (SSSR count). The lowest BCUT2D eigenvalue weighted by Crippen LogP contribution is -2.26. The first-order valence-corrected chi connectivity index (χ1v) is 5.65. The van der Waals surface area contributed by atoms with E-state index in [2.05, 4.69) is 4.98 Å². The largest absolute Gasteiger partial charge is 0.417 e. The third-order valence-electron chi connectivity index (χ3n) is 1.72. The molecule has 0 aliphatic carbocycles. The van der Waals surface area contributed by atoms with Gasteiger partial charge in [0.25, 0.3) is 0 Å². The molecule has 1 heterocycles. The van der Waals surface area contributed by atoms with Crippen LogP contribution < -0.4 is 4.72 Å². The molecule has 1 aromatic rings. The first-order valence-electron chi connectivity index (χ1n) is 4.17. The van der Waals surface area contributed by atoms with Crippen LogP contribution in [0, 0.1) is 11.3 Å². The normalized spacial score (nSPS) is 12.1. The van der Waals surface area contributed by atoms with Crippen LogP contribution in [0.4, 0.5) is 13.2 Å². The fourth-order valence-corrected chi connectivity index (χ4v) is 2.12. The summed E-state index contributed by atoms with van der Waals surface area (Å²) in [7, 11) is -4.39. The number of aromatic nitrogens is 1. The molecule has 0 saturated carbocycles. The molecule has 0 aromatic carbocycles. The van der Waals surface area contributed by atoms with Gasteiger partial charge in [-0.25, -0.2) is 8.42 Å². The van der Waals surface area contributed by atoms with Gasteiger partial charge in [0.05, 0.1) is 18.2 Å². The maximum atomic E-state index is 12.5. The Labute approximate surface area is 94.9 Å². The molecule has 0 amide bonds. The Hall–Kier alpha value is -1.66. The Morgan fingerprint density at radius 3 is 2.65 bits per heavy atom. The lowest BCUT2D eigenvalue weighted by molar-refractivity contribution is -0.140. The number of nitriles is 1. The van der Waals surface area contributed by atoms with E-state index in [1.165, 1.54) is 6.07 Å². The van der Waals surface area contributed by atoms with Gasteiger partial charge in [-0.15, -0.1) is 0 Å². The van der Waals surface area contributed by atoms with E-state index >= 15 is 0 Å². The number of rotatable bonds is 3. The van der Waals surface area contributed by atoms with Crippen molar-refractivity contribution in [3.63, 3.8) is 0 Å². The number of halogens is 3. The topological polar surface area (TPSA) is 82.9 Å². The van der Waals surface area contributed by atoms with E-state index < -0.39 is 33.2 Å². The Morgan fingerprint density at radius 1 is 1.47 bits per heavy atom. The fourth-order valence-electron chi connectivity index (χ4n) is 1.03. The first kappa shape index (κ1) is 13.4. The number of hydrogen-bond acceptors (Lipinski definition) is 4. The SMILES string of the molecule is N#CCNS(=O)(=O)c1cnccc1C(F)(F)F. The van der Waals surface area contributed by atoms with Crippen molar-refractivity contribution in [1.82, 2.24) is 9.71 Å². The van der Waals surface area contributed by atoms with E-state index in [9.17, 15) is 21.6 Å². The summed E-state index contributed by atoms with van der Waals surface area (Å²) in [6.45, 7) is -0.617. The summed E-state index contributed by atoms with van der Waals surface area (Å²) in [6.07, 6.45) is -3.38. The second-order valence-electron chi connectivity index (χ2n) is 2.85. The minimum atomic E-state index is -4.81. The van der Waals surface area contributed by atoms with Crippen molar-refractivity contribution < 1.29 is 21.6 Å². The smallest absolute Gasteiger partial charge is 0.263 e. The maximum absolute atomic E-state index is 12.5. The number of sulfonamides is 1. The summed E-state index contributed by atoms with van der Waals surface area (Å²) < 4.78 is 62.2. The molecular weight excluding hydrogens is 259 g/mol. The van der Waals surface area contributed by atoms with E-state index in [0.717, 1.165) is 6.20 Å². The molecule has 92 valence electrons. The van der Waals surface area contributed by atoms with Gasteiger partial charge in [0.2, 0.25) is 10.0 Å². The molecule has 0 aliphatic rings. The minimum absolute atomic E-state index is 0.556. The van der Waals surface area contributed by atoms with Gasteiger partial charge >= 0.3 is 6.18 Å². The van der Waals surface area contributed by atoms with E-state index in [0.29, 0.717) is 12.3 Å². The van der Waals surface area contributed by atoms with Crippen LogP contribution in [0.25, 0.3) is 0 Å². The predicted molar refractivity (Wildman–Crippen MR) is 50.0 cm³/mol. The van der Waals surface area contributed by atoms with Gasteiger partial charge in [-0.1, -0.05) is 0 Å². The van der Waals surface area contributed by atoms with Gasteiger partial charge in [-0.2, -0.15) is 23.2 Å². The summed E-state index contributed by atoms with van der Waals surface area (Å²) in [5, 5.41) is 8.19. The molecule has 0 saturated heterocycles. The first-order chi connectivity index (χ1) is 7.79. The number of nitrogens with one attached hydrogen (secondary N) is 1. The maximum Gasteiger partial charge on any atom is 0.417 e. The number of nitrogens with zero attached hydrogens (tertiary/aromatic N) is 2. The highest BCUT2D eigenvalue weighted by atomic mass is 32.2. The zero-order valence-corrected chi connectivity index (χ0v) is 9.01.